The van der Waals surface area contributed by atoms with Crippen molar-refractivity contribution in [1.29, 1.82) is 0 Å². The normalized spacial score (nSPS) is 10.6. The van der Waals surface area contributed by atoms with Gasteiger partial charge in [0.25, 0.3) is 11.5 Å². The van der Waals surface area contributed by atoms with E-state index in [1.54, 1.807) is 30.3 Å². The van der Waals surface area contributed by atoms with Crippen LogP contribution in [-0.4, -0.2) is 15.5 Å². The third kappa shape index (κ3) is 2.99. The third-order valence-corrected chi connectivity index (χ3v) is 3.75. The summed E-state index contributed by atoms with van der Waals surface area (Å²) in [6, 6.07) is 14.4. The molecule has 6 heteroatoms. The van der Waals surface area contributed by atoms with Crippen LogP contribution in [0.2, 0.25) is 0 Å². The van der Waals surface area contributed by atoms with Gasteiger partial charge in [0, 0.05) is 12.1 Å². The van der Waals surface area contributed by atoms with E-state index in [2.05, 4.69) is 15.8 Å². The Bertz CT molecular complexity index is 963. The van der Waals surface area contributed by atoms with Crippen LogP contribution in [0.3, 0.4) is 0 Å². The summed E-state index contributed by atoms with van der Waals surface area (Å²) >= 11 is 0. The first-order chi connectivity index (χ1) is 11.6. The van der Waals surface area contributed by atoms with E-state index in [1.807, 2.05) is 32.0 Å². The van der Waals surface area contributed by atoms with Gasteiger partial charge in [-0.1, -0.05) is 29.8 Å². The number of hydrogen-bond acceptors (Lipinski definition) is 4. The molecule has 0 atom stereocenters. The zero-order chi connectivity index (χ0) is 17.1. The van der Waals surface area contributed by atoms with Crippen molar-refractivity contribution >= 4 is 22.8 Å². The first-order valence-electron chi connectivity index (χ1n) is 7.72. The van der Waals surface area contributed by atoms with Crippen LogP contribution in [-0.2, 0) is 6.54 Å². The highest BCUT2D eigenvalue weighted by atomic mass is 16.2. The first kappa shape index (κ1) is 15.7. The SMILES string of the molecule is CCn1c(NNC(=O)c2cccc(C)c2)nc2ccccc2c1=O. The van der Waals surface area contributed by atoms with E-state index in [0.29, 0.717) is 29.0 Å². The minimum Gasteiger partial charge on any atom is -0.277 e. The van der Waals surface area contributed by atoms with Gasteiger partial charge in [-0.3, -0.25) is 25.0 Å². The van der Waals surface area contributed by atoms with Crippen LogP contribution >= 0.6 is 0 Å². The lowest BCUT2D eigenvalue weighted by atomic mass is 10.1. The molecule has 3 rings (SSSR count). The van der Waals surface area contributed by atoms with E-state index in [9.17, 15) is 9.59 Å². The van der Waals surface area contributed by atoms with E-state index >= 15 is 0 Å². The molecule has 6 nitrogen and oxygen atoms in total. The van der Waals surface area contributed by atoms with Gasteiger partial charge < -0.3 is 0 Å². The van der Waals surface area contributed by atoms with Gasteiger partial charge >= 0.3 is 0 Å². The van der Waals surface area contributed by atoms with Crippen molar-refractivity contribution < 1.29 is 4.79 Å². The lowest BCUT2D eigenvalue weighted by molar-refractivity contribution is 0.0962. The maximum atomic E-state index is 12.5. The number of rotatable bonds is 4. The summed E-state index contributed by atoms with van der Waals surface area (Å²) in [4.78, 5) is 29.2. The van der Waals surface area contributed by atoms with Gasteiger partial charge in [-0.15, -0.1) is 0 Å². The molecule has 0 aliphatic rings. The van der Waals surface area contributed by atoms with Crippen molar-refractivity contribution in [3.63, 3.8) is 0 Å². The highest BCUT2D eigenvalue weighted by molar-refractivity contribution is 5.95. The Morgan fingerprint density at radius 2 is 1.96 bits per heavy atom. The van der Waals surface area contributed by atoms with Crippen molar-refractivity contribution in [1.82, 2.24) is 15.0 Å². The van der Waals surface area contributed by atoms with Crippen molar-refractivity contribution in [3.8, 4) is 0 Å². The minimum absolute atomic E-state index is 0.143. The average Bonchev–Trinajstić information content (AvgIpc) is 2.60. The van der Waals surface area contributed by atoms with Crippen molar-refractivity contribution in [2.24, 2.45) is 0 Å². The van der Waals surface area contributed by atoms with Gasteiger partial charge in [0.15, 0.2) is 0 Å². The topological polar surface area (TPSA) is 76.0 Å². The van der Waals surface area contributed by atoms with Gasteiger partial charge in [-0.25, -0.2) is 4.98 Å². The molecule has 0 bridgehead atoms. The zero-order valence-corrected chi connectivity index (χ0v) is 13.5. The zero-order valence-electron chi connectivity index (χ0n) is 13.5. The Hall–Kier alpha value is -3.15. The largest absolute Gasteiger partial charge is 0.277 e. The molecule has 0 aliphatic heterocycles. The molecule has 122 valence electrons. The summed E-state index contributed by atoms with van der Waals surface area (Å²) in [6.07, 6.45) is 0. The molecule has 3 aromatic rings. The summed E-state index contributed by atoms with van der Waals surface area (Å²) in [5.41, 5.74) is 7.34. The summed E-state index contributed by atoms with van der Waals surface area (Å²) in [5.74, 6) is 0.0194. The van der Waals surface area contributed by atoms with Crippen LogP contribution in [0, 0.1) is 6.92 Å². The van der Waals surface area contributed by atoms with Crippen LogP contribution < -0.4 is 16.4 Å². The van der Waals surface area contributed by atoms with E-state index in [-0.39, 0.29) is 11.5 Å². The van der Waals surface area contributed by atoms with E-state index < -0.39 is 0 Å². The number of anilines is 1. The van der Waals surface area contributed by atoms with Crippen LogP contribution in [0.15, 0.2) is 53.3 Å². The number of carbonyl (C=O) groups is 1. The van der Waals surface area contributed by atoms with Crippen LogP contribution in [0.4, 0.5) is 5.95 Å². The van der Waals surface area contributed by atoms with E-state index in [1.165, 1.54) is 4.57 Å². The Morgan fingerprint density at radius 3 is 2.71 bits per heavy atom. The maximum absolute atomic E-state index is 12.5. The highest BCUT2D eigenvalue weighted by Gasteiger charge is 2.11. The Morgan fingerprint density at radius 1 is 1.17 bits per heavy atom. The number of hydrogen-bond donors (Lipinski definition) is 2. The summed E-state index contributed by atoms with van der Waals surface area (Å²) < 4.78 is 1.48. The number of aryl methyl sites for hydroxylation is 1. The number of hydrazine groups is 1. The number of benzene rings is 2. The smallest absolute Gasteiger partial charge is 0.269 e. The van der Waals surface area contributed by atoms with Crippen molar-refractivity contribution in [2.45, 2.75) is 20.4 Å². The lowest BCUT2D eigenvalue weighted by Crippen LogP contribution is -2.34. The second kappa shape index (κ2) is 6.54. The molecular weight excluding hydrogens is 304 g/mol. The second-order valence-corrected chi connectivity index (χ2v) is 5.45. The monoisotopic (exact) mass is 322 g/mol. The molecule has 2 N–H and O–H groups in total. The molecular formula is C18H18N4O2. The summed E-state index contributed by atoms with van der Waals surface area (Å²) in [6.45, 7) is 4.22. The number of nitrogens with one attached hydrogen (secondary N) is 2. The van der Waals surface area contributed by atoms with Crippen molar-refractivity contribution in [2.75, 3.05) is 5.43 Å². The highest BCUT2D eigenvalue weighted by Crippen LogP contribution is 2.10. The molecule has 0 fully saturated rings. The second-order valence-electron chi connectivity index (χ2n) is 5.45. The van der Waals surface area contributed by atoms with Crippen LogP contribution in [0.5, 0.6) is 0 Å². The number of fused-ring (bicyclic) bond motifs is 1. The van der Waals surface area contributed by atoms with Gasteiger partial charge in [-0.05, 0) is 38.1 Å². The standard InChI is InChI=1S/C18H18N4O2/c1-3-22-17(24)14-9-4-5-10-15(14)19-18(22)21-20-16(23)13-8-6-7-12(2)11-13/h4-11H,3H2,1-2H3,(H,19,21)(H,20,23). The maximum Gasteiger partial charge on any atom is 0.269 e. The number of para-hydroxylation sites is 1. The van der Waals surface area contributed by atoms with Gasteiger partial charge in [-0.2, -0.15) is 0 Å². The number of aromatic nitrogens is 2. The molecule has 2 aromatic carbocycles. The van der Waals surface area contributed by atoms with Gasteiger partial charge in [0.2, 0.25) is 5.95 Å². The predicted octanol–water partition coefficient (Wildman–Crippen LogP) is 2.48. The molecule has 0 spiro atoms. The Kier molecular flexibility index (Phi) is 4.29. The van der Waals surface area contributed by atoms with Crippen LogP contribution in [0.25, 0.3) is 10.9 Å². The fourth-order valence-corrected chi connectivity index (χ4v) is 2.53. The fourth-order valence-electron chi connectivity index (χ4n) is 2.53. The molecule has 1 aromatic heterocycles. The van der Waals surface area contributed by atoms with Crippen molar-refractivity contribution in [3.05, 3.63) is 70.0 Å². The molecule has 0 aliphatic carbocycles. The van der Waals surface area contributed by atoms with E-state index in [0.717, 1.165) is 5.56 Å². The number of carbonyl (C=O) groups excluding carboxylic acids is 1. The number of nitrogens with zero attached hydrogens (tertiary/aromatic N) is 2. The Labute approximate surface area is 139 Å². The molecule has 0 saturated carbocycles. The summed E-state index contributed by atoms with van der Waals surface area (Å²) in [5, 5.41) is 0.551. The molecule has 1 amide bonds. The molecule has 0 unspecified atom stereocenters. The quantitative estimate of drug-likeness (QED) is 0.724. The Balaban J connectivity index is 1.90. The fraction of sp³-hybridized carbons (Fsp3) is 0.167. The third-order valence-electron chi connectivity index (χ3n) is 3.75. The van der Waals surface area contributed by atoms with E-state index in [4.69, 9.17) is 0 Å². The first-order valence-corrected chi connectivity index (χ1v) is 7.72. The number of amides is 1. The molecule has 0 radical (unpaired) electrons. The molecule has 24 heavy (non-hydrogen) atoms. The molecule has 1 heterocycles. The minimum atomic E-state index is -0.288. The molecule has 0 saturated heterocycles. The van der Waals surface area contributed by atoms with Gasteiger partial charge in [0.1, 0.15) is 0 Å². The van der Waals surface area contributed by atoms with Gasteiger partial charge in [0.05, 0.1) is 10.9 Å². The summed E-state index contributed by atoms with van der Waals surface area (Å²) in [7, 11) is 0. The predicted molar refractivity (Wildman–Crippen MR) is 93.9 cm³/mol. The average molecular weight is 322 g/mol. The van der Waals surface area contributed by atoms with Crippen LogP contribution in [0.1, 0.15) is 22.8 Å². The lowest BCUT2D eigenvalue weighted by Gasteiger charge is -2.14.